The summed E-state index contributed by atoms with van der Waals surface area (Å²) in [6.07, 6.45) is -6.00. The number of hydrogen-bond acceptors (Lipinski definition) is 7. The fourth-order valence-electron chi connectivity index (χ4n) is 1.47. The number of aliphatic hydroxyl groups is 4. The first-order valence-electron chi connectivity index (χ1n) is 4.74. The van der Waals surface area contributed by atoms with Crippen LogP contribution in [0.2, 0.25) is 0 Å². The highest BCUT2D eigenvalue weighted by Crippen LogP contribution is 2.21. The summed E-state index contributed by atoms with van der Waals surface area (Å²) in [5.41, 5.74) is 5.21. The number of ether oxygens (including phenoxy) is 2. The highest BCUT2D eigenvalue weighted by molar-refractivity contribution is 4.89. The van der Waals surface area contributed by atoms with Crippen LogP contribution in [0.5, 0.6) is 0 Å². The molecule has 5 atom stereocenters. The fraction of sp³-hybridized carbons (Fsp3) is 1.00. The molecule has 1 aliphatic heterocycles. The molecule has 1 fully saturated rings. The molecule has 0 aromatic rings. The molecular weight excluding hydrogens is 206 g/mol. The molecule has 0 saturated carbocycles. The van der Waals surface area contributed by atoms with Gasteiger partial charge in [-0.25, -0.2) is 0 Å². The summed E-state index contributed by atoms with van der Waals surface area (Å²) in [4.78, 5) is 0. The molecule has 0 radical (unpaired) electrons. The summed E-state index contributed by atoms with van der Waals surface area (Å²) in [7, 11) is 0. The van der Waals surface area contributed by atoms with Crippen LogP contribution in [0.15, 0.2) is 0 Å². The lowest BCUT2D eigenvalue weighted by Gasteiger charge is -2.39. The molecule has 1 heterocycles. The van der Waals surface area contributed by atoms with Crippen molar-refractivity contribution in [1.82, 2.24) is 0 Å². The molecule has 0 bridgehead atoms. The van der Waals surface area contributed by atoms with Crippen molar-refractivity contribution in [3.8, 4) is 0 Å². The zero-order valence-electron chi connectivity index (χ0n) is 8.19. The van der Waals surface area contributed by atoms with Crippen molar-refractivity contribution < 1.29 is 29.9 Å². The van der Waals surface area contributed by atoms with E-state index in [-0.39, 0.29) is 13.2 Å². The summed E-state index contributed by atoms with van der Waals surface area (Å²) >= 11 is 0. The standard InChI is InChI=1S/C8H17NO6/c9-1-2-14-7-5(11)4(3-10)15-8(13)6(7)12/h4-8,10-13H,1-3,9H2/t4-,5+,6-,7+,8?/m1/s1. The van der Waals surface area contributed by atoms with Gasteiger partial charge in [0, 0.05) is 6.54 Å². The average molecular weight is 223 g/mol. The molecule has 1 aliphatic rings. The van der Waals surface area contributed by atoms with Crippen molar-refractivity contribution in [2.75, 3.05) is 19.8 Å². The maximum Gasteiger partial charge on any atom is 0.184 e. The van der Waals surface area contributed by atoms with E-state index in [0.29, 0.717) is 0 Å². The Labute approximate surface area is 87.0 Å². The fourth-order valence-corrected chi connectivity index (χ4v) is 1.47. The van der Waals surface area contributed by atoms with Crippen LogP contribution in [0, 0.1) is 0 Å². The van der Waals surface area contributed by atoms with E-state index in [1.54, 1.807) is 0 Å². The number of aliphatic hydroxyl groups excluding tert-OH is 4. The Hall–Kier alpha value is -0.280. The lowest BCUT2D eigenvalue weighted by Crippen LogP contribution is -2.59. The number of rotatable bonds is 4. The molecule has 15 heavy (non-hydrogen) atoms. The number of nitrogens with two attached hydrogens (primary N) is 1. The third kappa shape index (κ3) is 2.85. The van der Waals surface area contributed by atoms with Gasteiger partial charge in [0.15, 0.2) is 6.29 Å². The Morgan fingerprint density at radius 3 is 2.40 bits per heavy atom. The largest absolute Gasteiger partial charge is 0.394 e. The van der Waals surface area contributed by atoms with Crippen LogP contribution in [0.4, 0.5) is 0 Å². The van der Waals surface area contributed by atoms with Crippen LogP contribution in [0.3, 0.4) is 0 Å². The third-order valence-electron chi connectivity index (χ3n) is 2.27. The van der Waals surface area contributed by atoms with E-state index in [1.165, 1.54) is 0 Å². The van der Waals surface area contributed by atoms with Gasteiger partial charge >= 0.3 is 0 Å². The van der Waals surface area contributed by atoms with Gasteiger partial charge in [0.25, 0.3) is 0 Å². The molecule has 1 saturated heterocycles. The van der Waals surface area contributed by atoms with Gasteiger partial charge in [-0.2, -0.15) is 0 Å². The van der Waals surface area contributed by atoms with Gasteiger partial charge < -0.3 is 35.6 Å². The van der Waals surface area contributed by atoms with Crippen molar-refractivity contribution in [3.05, 3.63) is 0 Å². The van der Waals surface area contributed by atoms with E-state index in [1.807, 2.05) is 0 Å². The quantitative estimate of drug-likeness (QED) is 0.339. The van der Waals surface area contributed by atoms with E-state index in [4.69, 9.17) is 20.3 Å². The SMILES string of the molecule is NCCO[C@H]1[C@@H](O)[C@@H](CO)OC(O)[C@@H]1O. The summed E-state index contributed by atoms with van der Waals surface area (Å²) in [5.74, 6) is 0. The van der Waals surface area contributed by atoms with Crippen LogP contribution >= 0.6 is 0 Å². The minimum atomic E-state index is -1.48. The average Bonchev–Trinajstić information content (AvgIpc) is 2.23. The first-order chi connectivity index (χ1) is 7.11. The first-order valence-corrected chi connectivity index (χ1v) is 4.74. The lowest BCUT2D eigenvalue weighted by molar-refractivity contribution is -0.294. The molecule has 90 valence electrons. The smallest absolute Gasteiger partial charge is 0.184 e. The van der Waals surface area contributed by atoms with Gasteiger partial charge in [-0.1, -0.05) is 0 Å². The maximum absolute atomic E-state index is 9.62. The zero-order chi connectivity index (χ0) is 11.4. The van der Waals surface area contributed by atoms with E-state index >= 15 is 0 Å². The molecular formula is C8H17NO6. The Balaban J connectivity index is 2.62. The monoisotopic (exact) mass is 223 g/mol. The van der Waals surface area contributed by atoms with Crippen molar-refractivity contribution in [2.45, 2.75) is 30.7 Å². The molecule has 0 spiro atoms. The van der Waals surface area contributed by atoms with Crippen molar-refractivity contribution in [2.24, 2.45) is 5.73 Å². The van der Waals surface area contributed by atoms with E-state index in [2.05, 4.69) is 0 Å². The normalized spacial score (nSPS) is 41.8. The van der Waals surface area contributed by atoms with Crippen LogP contribution in [0.25, 0.3) is 0 Å². The van der Waals surface area contributed by atoms with E-state index in [9.17, 15) is 15.3 Å². The molecule has 7 heteroatoms. The van der Waals surface area contributed by atoms with Gasteiger partial charge in [0.2, 0.25) is 0 Å². The predicted octanol–water partition coefficient (Wildman–Crippen LogP) is -3.24. The van der Waals surface area contributed by atoms with Crippen LogP contribution in [0.1, 0.15) is 0 Å². The molecule has 0 aromatic heterocycles. The Morgan fingerprint density at radius 2 is 1.87 bits per heavy atom. The minimum absolute atomic E-state index is 0.143. The van der Waals surface area contributed by atoms with Crippen LogP contribution in [-0.2, 0) is 9.47 Å². The van der Waals surface area contributed by atoms with Crippen molar-refractivity contribution >= 4 is 0 Å². The van der Waals surface area contributed by atoms with Crippen LogP contribution in [-0.4, -0.2) is 70.9 Å². The Kier molecular flexibility index (Phi) is 4.87. The van der Waals surface area contributed by atoms with Gasteiger partial charge in [0.1, 0.15) is 24.4 Å². The maximum atomic E-state index is 9.62. The Morgan fingerprint density at radius 1 is 1.20 bits per heavy atom. The molecule has 1 rings (SSSR count). The zero-order valence-corrected chi connectivity index (χ0v) is 8.19. The molecule has 7 nitrogen and oxygen atoms in total. The second-order valence-electron chi connectivity index (χ2n) is 3.35. The minimum Gasteiger partial charge on any atom is -0.394 e. The van der Waals surface area contributed by atoms with Gasteiger partial charge in [0.05, 0.1) is 13.2 Å². The van der Waals surface area contributed by atoms with Gasteiger partial charge in [-0.05, 0) is 0 Å². The van der Waals surface area contributed by atoms with Gasteiger partial charge in [-0.15, -0.1) is 0 Å². The summed E-state index contributed by atoms with van der Waals surface area (Å²) < 4.78 is 9.85. The lowest BCUT2D eigenvalue weighted by atomic mass is 9.99. The highest BCUT2D eigenvalue weighted by Gasteiger charge is 2.44. The molecule has 6 N–H and O–H groups in total. The topological polar surface area (TPSA) is 125 Å². The van der Waals surface area contributed by atoms with Crippen molar-refractivity contribution in [1.29, 1.82) is 0 Å². The Bertz CT molecular complexity index is 192. The summed E-state index contributed by atoms with van der Waals surface area (Å²) in [6.45, 7) is -0.0895. The second kappa shape index (κ2) is 5.71. The van der Waals surface area contributed by atoms with E-state index in [0.717, 1.165) is 0 Å². The second-order valence-corrected chi connectivity index (χ2v) is 3.35. The highest BCUT2D eigenvalue weighted by atomic mass is 16.6. The molecule has 0 aliphatic carbocycles. The first kappa shape index (κ1) is 12.8. The van der Waals surface area contributed by atoms with Gasteiger partial charge in [-0.3, -0.25) is 0 Å². The van der Waals surface area contributed by atoms with Crippen LogP contribution < -0.4 is 5.73 Å². The predicted molar refractivity (Wildman–Crippen MR) is 48.8 cm³/mol. The summed E-state index contributed by atoms with van der Waals surface area (Å²) in [6, 6.07) is 0. The van der Waals surface area contributed by atoms with Crippen molar-refractivity contribution in [3.63, 3.8) is 0 Å². The third-order valence-corrected chi connectivity index (χ3v) is 2.27. The molecule has 0 amide bonds. The van der Waals surface area contributed by atoms with E-state index < -0.39 is 37.3 Å². The summed E-state index contributed by atoms with van der Waals surface area (Å²) in [5, 5.41) is 37.2. The molecule has 1 unspecified atom stereocenters. The number of hydrogen-bond donors (Lipinski definition) is 5. The molecule has 0 aromatic carbocycles.